The topological polar surface area (TPSA) is 66.9 Å². The fourth-order valence-corrected chi connectivity index (χ4v) is 3.85. The van der Waals surface area contributed by atoms with Crippen LogP contribution in [0, 0.1) is 0 Å². The van der Waals surface area contributed by atoms with Gasteiger partial charge in [0.15, 0.2) is 0 Å². The van der Waals surface area contributed by atoms with Crippen molar-refractivity contribution in [3.8, 4) is 0 Å². The molecule has 0 atom stereocenters. The molecule has 7 heteroatoms. The van der Waals surface area contributed by atoms with Gasteiger partial charge in [0.2, 0.25) is 0 Å². The molecule has 0 saturated carbocycles. The van der Waals surface area contributed by atoms with Gasteiger partial charge in [-0.1, -0.05) is 18.2 Å². The van der Waals surface area contributed by atoms with Gasteiger partial charge in [0.05, 0.1) is 23.8 Å². The highest BCUT2D eigenvalue weighted by atomic mass is 32.2. The molecule has 6 nitrogen and oxygen atoms in total. The number of para-hydroxylation sites is 1. The van der Waals surface area contributed by atoms with E-state index in [2.05, 4.69) is 0 Å². The number of nitrogens with zero attached hydrogens (tertiary/aromatic N) is 2. The summed E-state index contributed by atoms with van der Waals surface area (Å²) in [7, 11) is -2.16. The summed E-state index contributed by atoms with van der Waals surface area (Å²) in [5.74, 6) is -0.108. The number of amides is 1. The summed E-state index contributed by atoms with van der Waals surface area (Å²) in [5.41, 5.74) is 1.05. The number of hydrogen-bond donors (Lipinski definition) is 0. The van der Waals surface area contributed by atoms with Crippen molar-refractivity contribution < 1.29 is 17.9 Å². The van der Waals surface area contributed by atoms with Gasteiger partial charge in [-0.05, 0) is 36.4 Å². The zero-order valence-electron chi connectivity index (χ0n) is 14.0. The number of ether oxygens (including phenoxy) is 1. The highest BCUT2D eigenvalue weighted by Gasteiger charge is 2.23. The lowest BCUT2D eigenvalue weighted by Crippen LogP contribution is -2.40. The number of rotatable bonds is 4. The van der Waals surface area contributed by atoms with E-state index in [4.69, 9.17) is 4.74 Å². The third-order valence-electron chi connectivity index (χ3n) is 4.18. The Bertz CT molecular complexity index is 829. The minimum absolute atomic E-state index is 0.108. The average molecular weight is 360 g/mol. The summed E-state index contributed by atoms with van der Waals surface area (Å²) < 4.78 is 31.9. The van der Waals surface area contributed by atoms with E-state index < -0.39 is 10.0 Å². The molecule has 0 aliphatic carbocycles. The number of sulfonamides is 1. The number of anilines is 1. The van der Waals surface area contributed by atoms with Crippen LogP contribution >= 0.6 is 0 Å². The summed E-state index contributed by atoms with van der Waals surface area (Å²) in [6.45, 7) is 2.16. The van der Waals surface area contributed by atoms with Gasteiger partial charge in [-0.2, -0.15) is 0 Å². The smallest absolute Gasteiger partial charge is 0.264 e. The van der Waals surface area contributed by atoms with E-state index in [1.165, 1.54) is 23.5 Å². The Morgan fingerprint density at radius 1 is 1.00 bits per heavy atom. The fraction of sp³-hybridized carbons (Fsp3) is 0.278. The molecule has 1 heterocycles. The first-order chi connectivity index (χ1) is 12.0. The average Bonchev–Trinajstić information content (AvgIpc) is 2.68. The van der Waals surface area contributed by atoms with Crippen LogP contribution < -0.4 is 4.31 Å². The summed E-state index contributed by atoms with van der Waals surface area (Å²) in [6, 6.07) is 14.9. The lowest BCUT2D eigenvalue weighted by atomic mass is 10.2. The maximum absolute atomic E-state index is 12.7. The van der Waals surface area contributed by atoms with Gasteiger partial charge in [-0.3, -0.25) is 9.10 Å². The first-order valence-corrected chi connectivity index (χ1v) is 9.45. The van der Waals surface area contributed by atoms with Crippen LogP contribution in [0.2, 0.25) is 0 Å². The molecule has 1 saturated heterocycles. The quantitative estimate of drug-likeness (QED) is 0.836. The molecule has 0 radical (unpaired) electrons. The number of morpholine rings is 1. The molecule has 0 aromatic heterocycles. The Morgan fingerprint density at radius 3 is 2.20 bits per heavy atom. The second kappa shape index (κ2) is 7.25. The van der Waals surface area contributed by atoms with E-state index in [0.29, 0.717) is 37.6 Å². The predicted molar refractivity (Wildman–Crippen MR) is 95.2 cm³/mol. The van der Waals surface area contributed by atoms with Crippen molar-refractivity contribution >= 4 is 21.6 Å². The van der Waals surface area contributed by atoms with E-state index in [1.807, 2.05) is 6.07 Å². The van der Waals surface area contributed by atoms with Crippen molar-refractivity contribution in [3.63, 3.8) is 0 Å². The van der Waals surface area contributed by atoms with Crippen molar-refractivity contribution in [1.29, 1.82) is 0 Å². The monoisotopic (exact) mass is 360 g/mol. The first-order valence-electron chi connectivity index (χ1n) is 8.01. The normalized spacial score (nSPS) is 15.0. The van der Waals surface area contributed by atoms with Crippen LogP contribution in [0.25, 0.3) is 0 Å². The van der Waals surface area contributed by atoms with Gasteiger partial charge in [0.1, 0.15) is 0 Å². The van der Waals surface area contributed by atoms with Crippen LogP contribution in [0.5, 0.6) is 0 Å². The number of carbonyl (C=O) groups excluding carboxylic acids is 1. The molecular formula is C18H20N2O4S. The van der Waals surface area contributed by atoms with E-state index in [1.54, 1.807) is 41.3 Å². The molecule has 1 amide bonds. The minimum atomic E-state index is -3.67. The Balaban J connectivity index is 1.80. The zero-order valence-corrected chi connectivity index (χ0v) is 14.8. The molecule has 0 bridgehead atoms. The predicted octanol–water partition coefficient (Wildman–Crippen LogP) is 1.98. The number of benzene rings is 2. The Labute approximate surface area is 147 Å². The van der Waals surface area contributed by atoms with Gasteiger partial charge in [0.25, 0.3) is 15.9 Å². The van der Waals surface area contributed by atoms with E-state index >= 15 is 0 Å². The van der Waals surface area contributed by atoms with E-state index in [9.17, 15) is 13.2 Å². The largest absolute Gasteiger partial charge is 0.378 e. The highest BCUT2D eigenvalue weighted by molar-refractivity contribution is 7.92. The van der Waals surface area contributed by atoms with Crippen LogP contribution in [0.3, 0.4) is 0 Å². The van der Waals surface area contributed by atoms with Crippen LogP contribution in [-0.4, -0.2) is 52.6 Å². The maximum atomic E-state index is 12.7. The third-order valence-corrected chi connectivity index (χ3v) is 5.98. The zero-order chi connectivity index (χ0) is 17.9. The SMILES string of the molecule is CN(c1ccccc1)S(=O)(=O)c1ccc(C(=O)N2CCOCC2)cc1. The van der Waals surface area contributed by atoms with Crippen molar-refractivity contribution in [2.45, 2.75) is 4.90 Å². The molecular weight excluding hydrogens is 340 g/mol. The minimum Gasteiger partial charge on any atom is -0.378 e. The van der Waals surface area contributed by atoms with Gasteiger partial charge < -0.3 is 9.64 Å². The van der Waals surface area contributed by atoms with Gasteiger partial charge in [0, 0.05) is 25.7 Å². The van der Waals surface area contributed by atoms with Crippen molar-refractivity contribution in [2.75, 3.05) is 37.7 Å². The highest BCUT2D eigenvalue weighted by Crippen LogP contribution is 2.22. The molecule has 2 aromatic rings. The lowest BCUT2D eigenvalue weighted by Gasteiger charge is -2.27. The molecule has 3 rings (SSSR count). The van der Waals surface area contributed by atoms with Crippen LogP contribution in [0.4, 0.5) is 5.69 Å². The van der Waals surface area contributed by atoms with Crippen LogP contribution in [-0.2, 0) is 14.8 Å². The number of hydrogen-bond acceptors (Lipinski definition) is 4. The van der Waals surface area contributed by atoms with Crippen LogP contribution in [0.1, 0.15) is 10.4 Å². The van der Waals surface area contributed by atoms with Crippen LogP contribution in [0.15, 0.2) is 59.5 Å². The van der Waals surface area contributed by atoms with Crippen molar-refractivity contribution in [2.24, 2.45) is 0 Å². The first kappa shape index (κ1) is 17.4. The second-order valence-corrected chi connectivity index (χ2v) is 7.71. The second-order valence-electron chi connectivity index (χ2n) is 5.74. The molecule has 2 aromatic carbocycles. The summed E-state index contributed by atoms with van der Waals surface area (Å²) in [4.78, 5) is 14.3. The summed E-state index contributed by atoms with van der Waals surface area (Å²) >= 11 is 0. The molecule has 25 heavy (non-hydrogen) atoms. The van der Waals surface area contributed by atoms with Gasteiger partial charge in [-0.15, -0.1) is 0 Å². The molecule has 0 N–H and O–H groups in total. The lowest BCUT2D eigenvalue weighted by molar-refractivity contribution is 0.0303. The molecule has 1 aliphatic heterocycles. The van der Waals surface area contributed by atoms with Crippen molar-refractivity contribution in [3.05, 3.63) is 60.2 Å². The Kier molecular flexibility index (Phi) is 5.06. The van der Waals surface area contributed by atoms with E-state index in [-0.39, 0.29) is 10.8 Å². The van der Waals surface area contributed by atoms with E-state index in [0.717, 1.165) is 0 Å². The fourth-order valence-electron chi connectivity index (χ4n) is 2.65. The van der Waals surface area contributed by atoms with Gasteiger partial charge in [-0.25, -0.2) is 8.42 Å². The Morgan fingerprint density at radius 2 is 1.60 bits per heavy atom. The molecule has 132 valence electrons. The van der Waals surface area contributed by atoms with Gasteiger partial charge >= 0.3 is 0 Å². The summed E-state index contributed by atoms with van der Waals surface area (Å²) in [5, 5.41) is 0. The Hall–Kier alpha value is -2.38. The number of carbonyl (C=O) groups is 1. The molecule has 0 unspecified atom stereocenters. The molecule has 1 aliphatic rings. The molecule has 1 fully saturated rings. The standard InChI is InChI=1S/C18H20N2O4S/c1-19(16-5-3-2-4-6-16)25(22,23)17-9-7-15(8-10-17)18(21)20-11-13-24-14-12-20/h2-10H,11-14H2,1H3. The third kappa shape index (κ3) is 3.67. The maximum Gasteiger partial charge on any atom is 0.264 e. The molecule has 0 spiro atoms. The summed E-state index contributed by atoms with van der Waals surface area (Å²) in [6.07, 6.45) is 0. The van der Waals surface area contributed by atoms with Crippen molar-refractivity contribution in [1.82, 2.24) is 4.90 Å².